The van der Waals surface area contributed by atoms with Gasteiger partial charge in [0.1, 0.15) is 11.8 Å². The summed E-state index contributed by atoms with van der Waals surface area (Å²) in [6.07, 6.45) is -1.18. The molecule has 10 heteroatoms. The van der Waals surface area contributed by atoms with Crippen molar-refractivity contribution in [3.05, 3.63) is 23.8 Å². The first-order chi connectivity index (χ1) is 12.4. The predicted molar refractivity (Wildman–Crippen MR) is 90.9 cm³/mol. The first kappa shape index (κ1) is 18.3. The monoisotopic (exact) mass is 369 g/mol. The van der Waals surface area contributed by atoms with Gasteiger partial charge in [-0.2, -0.15) is 0 Å². The summed E-state index contributed by atoms with van der Waals surface area (Å²) in [5.41, 5.74) is 10.7. The molecule has 2 amide bonds. The molecule has 2 heterocycles. The highest BCUT2D eigenvalue weighted by molar-refractivity contribution is 5.90. The number of rotatable bonds is 4. The van der Waals surface area contributed by atoms with Gasteiger partial charge in [0.25, 0.3) is 0 Å². The number of benzene rings is 1. The second-order valence-corrected chi connectivity index (χ2v) is 6.18. The molecular weight excluding hydrogens is 348 g/mol. The number of hydrogen-bond acceptors (Lipinski definition) is 6. The number of ether oxygens (including phenoxy) is 1. The third kappa shape index (κ3) is 3.42. The van der Waals surface area contributed by atoms with Gasteiger partial charge in [0.15, 0.2) is 11.6 Å². The zero-order chi connectivity index (χ0) is 18.8. The van der Waals surface area contributed by atoms with Gasteiger partial charge in [-0.15, -0.1) is 0 Å². The summed E-state index contributed by atoms with van der Waals surface area (Å²) in [6.45, 7) is 1.46. The summed E-state index contributed by atoms with van der Waals surface area (Å²) in [7, 11) is 0. The lowest BCUT2D eigenvalue weighted by Crippen LogP contribution is -2.50. The molecule has 2 aliphatic heterocycles. The Hall–Kier alpha value is -2.46. The first-order valence-electron chi connectivity index (χ1n) is 8.34. The number of anilines is 2. The van der Waals surface area contributed by atoms with Crippen molar-refractivity contribution in [2.75, 3.05) is 55.6 Å². The fraction of sp³-hybridized carbons (Fsp3) is 0.500. The molecule has 2 saturated heterocycles. The van der Waals surface area contributed by atoms with E-state index in [4.69, 9.17) is 16.2 Å². The van der Waals surface area contributed by atoms with Crippen LogP contribution in [0.4, 0.5) is 25.0 Å². The van der Waals surface area contributed by atoms with Crippen LogP contribution in [0.5, 0.6) is 0 Å². The van der Waals surface area contributed by atoms with Crippen molar-refractivity contribution in [2.24, 2.45) is 11.5 Å². The molecule has 4 N–H and O–H groups in total. The lowest BCUT2D eigenvalue weighted by molar-refractivity contribution is -0.129. The van der Waals surface area contributed by atoms with Gasteiger partial charge in [0, 0.05) is 44.9 Å². The van der Waals surface area contributed by atoms with Gasteiger partial charge in [0.05, 0.1) is 18.8 Å². The summed E-state index contributed by atoms with van der Waals surface area (Å²) in [4.78, 5) is 27.7. The van der Waals surface area contributed by atoms with Gasteiger partial charge in [-0.3, -0.25) is 9.69 Å². The number of nitrogens with zero attached hydrogens (tertiary/aromatic N) is 3. The number of hydrogen-bond donors (Lipinski definition) is 2. The third-order valence-corrected chi connectivity index (χ3v) is 4.57. The van der Waals surface area contributed by atoms with Gasteiger partial charge >= 0.3 is 6.09 Å². The van der Waals surface area contributed by atoms with E-state index < -0.39 is 23.8 Å². The molecule has 0 radical (unpaired) electrons. The van der Waals surface area contributed by atoms with E-state index in [0.717, 1.165) is 17.0 Å². The molecule has 0 aliphatic carbocycles. The van der Waals surface area contributed by atoms with Crippen molar-refractivity contribution >= 4 is 23.4 Å². The molecule has 142 valence electrons. The van der Waals surface area contributed by atoms with Crippen LogP contribution >= 0.6 is 0 Å². The van der Waals surface area contributed by atoms with Gasteiger partial charge in [-0.1, -0.05) is 0 Å². The summed E-state index contributed by atoms with van der Waals surface area (Å²) >= 11 is 0. The summed E-state index contributed by atoms with van der Waals surface area (Å²) in [5, 5.41) is 0. The van der Waals surface area contributed by atoms with Gasteiger partial charge in [0.2, 0.25) is 5.91 Å². The zero-order valence-electron chi connectivity index (χ0n) is 14.2. The molecule has 0 aromatic heterocycles. The SMILES string of the molecule is NCC(=O)N1CCN(c2c(F)cc(N3CC(CN)OC3=O)cc2F)CC1. The second-order valence-electron chi connectivity index (χ2n) is 6.18. The van der Waals surface area contributed by atoms with Gasteiger partial charge in [-0.25, -0.2) is 13.6 Å². The summed E-state index contributed by atoms with van der Waals surface area (Å²) in [5.74, 6) is -1.74. The number of halogens is 2. The highest BCUT2D eigenvalue weighted by atomic mass is 19.1. The Morgan fingerprint density at radius 3 is 2.27 bits per heavy atom. The van der Waals surface area contributed by atoms with Crippen molar-refractivity contribution in [3.8, 4) is 0 Å². The molecule has 8 nitrogen and oxygen atoms in total. The van der Waals surface area contributed by atoms with Gasteiger partial charge < -0.3 is 26.0 Å². The van der Waals surface area contributed by atoms with Gasteiger partial charge in [-0.05, 0) is 0 Å². The van der Waals surface area contributed by atoms with Crippen molar-refractivity contribution in [1.82, 2.24) is 4.90 Å². The van der Waals surface area contributed by atoms with E-state index in [0.29, 0.717) is 26.2 Å². The van der Waals surface area contributed by atoms with Crippen molar-refractivity contribution < 1.29 is 23.1 Å². The number of nitrogens with two attached hydrogens (primary N) is 2. The summed E-state index contributed by atoms with van der Waals surface area (Å²) in [6, 6.07) is 2.21. The van der Waals surface area contributed by atoms with Crippen LogP contribution in [0.3, 0.4) is 0 Å². The molecule has 1 aromatic rings. The molecule has 0 spiro atoms. The van der Waals surface area contributed by atoms with Crippen molar-refractivity contribution in [3.63, 3.8) is 0 Å². The molecule has 1 unspecified atom stereocenters. The highest BCUT2D eigenvalue weighted by Gasteiger charge is 2.33. The molecule has 0 bridgehead atoms. The van der Waals surface area contributed by atoms with Crippen molar-refractivity contribution in [1.29, 1.82) is 0 Å². The molecule has 1 aromatic carbocycles. The quantitative estimate of drug-likeness (QED) is 0.765. The predicted octanol–water partition coefficient (Wildman–Crippen LogP) is -0.144. The van der Waals surface area contributed by atoms with Crippen molar-refractivity contribution in [2.45, 2.75) is 6.10 Å². The first-order valence-corrected chi connectivity index (χ1v) is 8.34. The van der Waals surface area contributed by atoms with Crippen LogP contribution in [-0.2, 0) is 9.53 Å². The lowest BCUT2D eigenvalue weighted by atomic mass is 10.2. The Morgan fingerprint density at radius 2 is 1.77 bits per heavy atom. The van der Waals surface area contributed by atoms with E-state index in [9.17, 15) is 18.4 Å². The molecule has 2 fully saturated rings. The van der Waals surface area contributed by atoms with Crippen LogP contribution in [0.25, 0.3) is 0 Å². The fourth-order valence-corrected chi connectivity index (χ4v) is 3.17. The standard InChI is InChI=1S/C16H21F2N5O3/c17-12-5-10(23-9-11(7-19)26-16(23)25)6-13(18)15(12)22-3-1-21(2-4-22)14(24)8-20/h5-6,11H,1-4,7-9,19-20H2. The van der Waals surface area contributed by atoms with E-state index in [1.54, 1.807) is 9.80 Å². The Bertz CT molecular complexity index is 686. The maximum atomic E-state index is 14.6. The van der Waals surface area contributed by atoms with E-state index in [1.807, 2.05) is 0 Å². The average Bonchev–Trinajstić information content (AvgIpc) is 3.02. The summed E-state index contributed by atoms with van der Waals surface area (Å²) < 4.78 is 34.2. The Labute approximate surface area is 149 Å². The molecular formula is C16H21F2N5O3. The molecule has 0 saturated carbocycles. The van der Waals surface area contributed by atoms with Crippen LogP contribution < -0.4 is 21.3 Å². The number of carbonyl (C=O) groups excluding carboxylic acids is 2. The normalized spacial score (nSPS) is 20.5. The van der Waals surface area contributed by atoms with Crippen LogP contribution in [0.1, 0.15) is 0 Å². The number of carbonyl (C=O) groups is 2. The number of amides is 2. The van der Waals surface area contributed by atoms with Crippen LogP contribution in [0.2, 0.25) is 0 Å². The Morgan fingerprint density at radius 1 is 1.15 bits per heavy atom. The smallest absolute Gasteiger partial charge is 0.414 e. The largest absolute Gasteiger partial charge is 0.443 e. The maximum Gasteiger partial charge on any atom is 0.414 e. The Balaban J connectivity index is 1.77. The maximum absolute atomic E-state index is 14.6. The topological polar surface area (TPSA) is 105 Å². The zero-order valence-corrected chi connectivity index (χ0v) is 14.2. The molecule has 1 atom stereocenters. The van der Waals surface area contributed by atoms with E-state index in [1.165, 1.54) is 0 Å². The minimum Gasteiger partial charge on any atom is -0.443 e. The van der Waals surface area contributed by atoms with E-state index in [2.05, 4.69) is 0 Å². The lowest BCUT2D eigenvalue weighted by Gasteiger charge is -2.36. The van der Waals surface area contributed by atoms with E-state index in [-0.39, 0.29) is 36.9 Å². The second kappa shape index (κ2) is 7.42. The number of cyclic esters (lactones) is 1. The third-order valence-electron chi connectivity index (χ3n) is 4.57. The highest BCUT2D eigenvalue weighted by Crippen LogP contribution is 2.31. The van der Waals surface area contributed by atoms with Crippen LogP contribution in [-0.4, -0.2) is 68.8 Å². The van der Waals surface area contributed by atoms with E-state index >= 15 is 0 Å². The molecule has 2 aliphatic rings. The Kier molecular flexibility index (Phi) is 5.23. The average molecular weight is 369 g/mol. The minimum atomic E-state index is -0.775. The molecule has 3 rings (SSSR count). The minimum absolute atomic E-state index is 0.0849. The molecule has 26 heavy (non-hydrogen) atoms. The fourth-order valence-electron chi connectivity index (χ4n) is 3.17. The van der Waals surface area contributed by atoms with Crippen LogP contribution in [0, 0.1) is 11.6 Å². The van der Waals surface area contributed by atoms with Crippen LogP contribution in [0.15, 0.2) is 12.1 Å². The number of piperazine rings is 1.